The zero-order valence-electron chi connectivity index (χ0n) is 11.5. The molecule has 1 heterocycles. The van der Waals surface area contributed by atoms with Crippen molar-refractivity contribution in [2.75, 3.05) is 19.6 Å². The predicted molar refractivity (Wildman–Crippen MR) is 72.9 cm³/mol. The Morgan fingerprint density at radius 1 is 1.44 bits per heavy atom. The molecule has 0 bridgehead atoms. The molecule has 0 spiro atoms. The first-order valence-corrected chi connectivity index (χ1v) is 7.37. The van der Waals surface area contributed by atoms with E-state index in [0.29, 0.717) is 0 Å². The molecule has 1 saturated heterocycles. The first-order chi connectivity index (χ1) is 8.56. The summed E-state index contributed by atoms with van der Waals surface area (Å²) < 4.78 is 0. The molecule has 1 aliphatic heterocycles. The number of amides is 1. The first kappa shape index (κ1) is 13.8. The van der Waals surface area contributed by atoms with Crippen molar-refractivity contribution in [3.05, 3.63) is 0 Å². The Hall–Kier alpha value is -0.610. The fraction of sp³-hybridized carbons (Fsp3) is 0.929. The third-order valence-corrected chi connectivity index (χ3v) is 5.07. The SMILES string of the molecule is CCC1CCN(CCC2CCCC2(N)C(N)=O)C1. The van der Waals surface area contributed by atoms with Crippen LogP contribution in [0.4, 0.5) is 0 Å². The Balaban J connectivity index is 1.81. The second-order valence-electron chi connectivity index (χ2n) is 6.15. The molecule has 2 rings (SSSR count). The van der Waals surface area contributed by atoms with Crippen molar-refractivity contribution >= 4 is 5.91 Å². The van der Waals surface area contributed by atoms with E-state index in [1.165, 1.54) is 25.9 Å². The van der Waals surface area contributed by atoms with Gasteiger partial charge in [0, 0.05) is 6.54 Å². The summed E-state index contributed by atoms with van der Waals surface area (Å²) in [5, 5.41) is 0. The Kier molecular flexibility index (Phi) is 4.28. The molecule has 3 atom stereocenters. The quantitative estimate of drug-likeness (QED) is 0.770. The van der Waals surface area contributed by atoms with Crippen LogP contribution in [0.2, 0.25) is 0 Å². The summed E-state index contributed by atoms with van der Waals surface area (Å²) in [6.07, 6.45) is 6.50. The van der Waals surface area contributed by atoms with Crippen molar-refractivity contribution in [2.45, 2.75) is 51.0 Å². The summed E-state index contributed by atoms with van der Waals surface area (Å²) in [5.74, 6) is 0.848. The van der Waals surface area contributed by atoms with Gasteiger partial charge in [0.2, 0.25) is 5.91 Å². The minimum atomic E-state index is -0.732. The zero-order valence-corrected chi connectivity index (χ0v) is 11.5. The molecule has 104 valence electrons. The highest BCUT2D eigenvalue weighted by molar-refractivity contribution is 5.85. The average Bonchev–Trinajstić information content (AvgIpc) is 2.94. The third-order valence-electron chi connectivity index (χ3n) is 5.07. The van der Waals surface area contributed by atoms with Crippen molar-refractivity contribution in [1.82, 2.24) is 4.90 Å². The van der Waals surface area contributed by atoms with Crippen LogP contribution < -0.4 is 11.5 Å². The van der Waals surface area contributed by atoms with Gasteiger partial charge in [0.1, 0.15) is 0 Å². The van der Waals surface area contributed by atoms with Gasteiger partial charge in [-0.2, -0.15) is 0 Å². The molecule has 1 amide bonds. The zero-order chi connectivity index (χ0) is 13.2. The van der Waals surface area contributed by atoms with E-state index in [-0.39, 0.29) is 11.8 Å². The number of hydrogen-bond acceptors (Lipinski definition) is 3. The van der Waals surface area contributed by atoms with Crippen molar-refractivity contribution < 1.29 is 4.79 Å². The minimum absolute atomic E-state index is 0.288. The van der Waals surface area contributed by atoms with Gasteiger partial charge in [0.15, 0.2) is 0 Å². The predicted octanol–water partition coefficient (Wildman–Crippen LogP) is 1.09. The van der Waals surface area contributed by atoms with Crippen LogP contribution in [0.15, 0.2) is 0 Å². The number of hydrogen-bond donors (Lipinski definition) is 2. The summed E-state index contributed by atoms with van der Waals surface area (Å²) in [7, 11) is 0. The second-order valence-corrected chi connectivity index (χ2v) is 6.15. The maximum Gasteiger partial charge on any atom is 0.237 e. The van der Waals surface area contributed by atoms with Crippen LogP contribution in [0, 0.1) is 11.8 Å². The molecule has 4 heteroatoms. The van der Waals surface area contributed by atoms with Crippen LogP contribution in [-0.2, 0) is 4.79 Å². The van der Waals surface area contributed by atoms with Crippen LogP contribution in [0.3, 0.4) is 0 Å². The lowest BCUT2D eigenvalue weighted by molar-refractivity contribution is -0.124. The standard InChI is InChI=1S/C14H27N3O/c1-2-11-5-8-17(10-11)9-6-12-4-3-7-14(12,16)13(15)18/h11-12H,2-10,16H2,1H3,(H2,15,18). The Morgan fingerprint density at radius 3 is 2.83 bits per heavy atom. The van der Waals surface area contributed by atoms with Gasteiger partial charge in [0.05, 0.1) is 5.54 Å². The summed E-state index contributed by atoms with van der Waals surface area (Å²) in [4.78, 5) is 14.0. The van der Waals surface area contributed by atoms with Crippen LogP contribution in [0.25, 0.3) is 0 Å². The molecule has 1 aliphatic carbocycles. The van der Waals surface area contributed by atoms with E-state index in [2.05, 4.69) is 11.8 Å². The molecule has 0 aromatic heterocycles. The van der Waals surface area contributed by atoms with Crippen molar-refractivity contribution in [2.24, 2.45) is 23.3 Å². The molecule has 3 unspecified atom stereocenters. The largest absolute Gasteiger partial charge is 0.368 e. The van der Waals surface area contributed by atoms with Crippen molar-refractivity contribution in [3.8, 4) is 0 Å². The van der Waals surface area contributed by atoms with E-state index >= 15 is 0 Å². The lowest BCUT2D eigenvalue weighted by Gasteiger charge is -2.29. The normalized spacial score (nSPS) is 37.2. The van der Waals surface area contributed by atoms with Gasteiger partial charge in [-0.25, -0.2) is 0 Å². The van der Waals surface area contributed by atoms with Gasteiger partial charge in [0.25, 0.3) is 0 Å². The van der Waals surface area contributed by atoms with Crippen molar-refractivity contribution in [1.29, 1.82) is 0 Å². The fourth-order valence-electron chi connectivity index (χ4n) is 3.62. The number of primary amides is 1. The van der Waals surface area contributed by atoms with E-state index in [9.17, 15) is 4.79 Å². The Labute approximate surface area is 110 Å². The molecular formula is C14H27N3O. The molecule has 4 N–H and O–H groups in total. The molecular weight excluding hydrogens is 226 g/mol. The van der Waals surface area contributed by atoms with E-state index in [0.717, 1.165) is 38.1 Å². The van der Waals surface area contributed by atoms with Crippen LogP contribution in [0.1, 0.15) is 45.4 Å². The fourth-order valence-corrected chi connectivity index (χ4v) is 3.62. The first-order valence-electron chi connectivity index (χ1n) is 7.37. The highest BCUT2D eigenvalue weighted by atomic mass is 16.1. The smallest absolute Gasteiger partial charge is 0.237 e. The molecule has 0 aromatic carbocycles. The van der Waals surface area contributed by atoms with Gasteiger partial charge in [-0.1, -0.05) is 19.8 Å². The summed E-state index contributed by atoms with van der Waals surface area (Å²) in [5.41, 5.74) is 10.9. The third kappa shape index (κ3) is 2.69. The molecule has 2 aliphatic rings. The highest BCUT2D eigenvalue weighted by Gasteiger charge is 2.44. The maximum atomic E-state index is 11.5. The minimum Gasteiger partial charge on any atom is -0.368 e. The number of nitrogens with two attached hydrogens (primary N) is 2. The Bertz CT molecular complexity index is 307. The van der Waals surface area contributed by atoms with E-state index in [1.54, 1.807) is 0 Å². The second kappa shape index (κ2) is 5.57. The lowest BCUT2D eigenvalue weighted by atomic mass is 9.85. The number of nitrogens with zero attached hydrogens (tertiary/aromatic N) is 1. The van der Waals surface area contributed by atoms with Crippen LogP contribution >= 0.6 is 0 Å². The topological polar surface area (TPSA) is 72.3 Å². The molecule has 2 fully saturated rings. The van der Waals surface area contributed by atoms with Gasteiger partial charge in [-0.05, 0) is 50.6 Å². The van der Waals surface area contributed by atoms with E-state index in [4.69, 9.17) is 11.5 Å². The van der Waals surface area contributed by atoms with Gasteiger partial charge in [-0.15, -0.1) is 0 Å². The maximum absolute atomic E-state index is 11.5. The molecule has 1 saturated carbocycles. The summed E-state index contributed by atoms with van der Waals surface area (Å²) in [6, 6.07) is 0. The van der Waals surface area contributed by atoms with E-state index in [1.807, 2.05) is 0 Å². The van der Waals surface area contributed by atoms with Gasteiger partial charge >= 0.3 is 0 Å². The monoisotopic (exact) mass is 253 g/mol. The van der Waals surface area contributed by atoms with Gasteiger partial charge < -0.3 is 16.4 Å². The Morgan fingerprint density at radius 2 is 2.22 bits per heavy atom. The molecule has 0 radical (unpaired) electrons. The van der Waals surface area contributed by atoms with Gasteiger partial charge in [-0.3, -0.25) is 4.79 Å². The average molecular weight is 253 g/mol. The van der Waals surface area contributed by atoms with Crippen LogP contribution in [-0.4, -0.2) is 36.0 Å². The number of carbonyl (C=O) groups excluding carboxylic acids is 1. The molecule has 0 aromatic rings. The highest BCUT2D eigenvalue weighted by Crippen LogP contribution is 2.36. The lowest BCUT2D eigenvalue weighted by Crippen LogP contribution is -2.55. The molecule has 4 nitrogen and oxygen atoms in total. The summed E-state index contributed by atoms with van der Waals surface area (Å²) in [6.45, 7) is 5.77. The number of rotatable bonds is 5. The number of carbonyl (C=O) groups is 1. The van der Waals surface area contributed by atoms with E-state index < -0.39 is 5.54 Å². The van der Waals surface area contributed by atoms with Crippen LogP contribution in [0.5, 0.6) is 0 Å². The number of likely N-dealkylation sites (tertiary alicyclic amines) is 1. The summed E-state index contributed by atoms with van der Waals surface area (Å²) >= 11 is 0. The molecule has 18 heavy (non-hydrogen) atoms. The van der Waals surface area contributed by atoms with Crippen molar-refractivity contribution in [3.63, 3.8) is 0 Å².